The van der Waals surface area contributed by atoms with Gasteiger partial charge in [0.15, 0.2) is 0 Å². The average Bonchev–Trinajstić information content (AvgIpc) is 2.69. The molecule has 0 amide bonds. The molecule has 1 aliphatic rings. The maximum atomic E-state index is 13.8. The first-order valence-electron chi connectivity index (χ1n) is 7.49. The number of nitrogens with zero attached hydrogens (tertiary/aromatic N) is 1. The Kier molecular flexibility index (Phi) is 5.80. The highest BCUT2D eigenvalue weighted by molar-refractivity contribution is 5.17. The minimum Gasteiger partial charge on any atom is -0.329 e. The molecular formula is C16H25FN2. The summed E-state index contributed by atoms with van der Waals surface area (Å²) in [5.74, 6) is -0.0989. The fourth-order valence-electron chi connectivity index (χ4n) is 3.02. The quantitative estimate of drug-likeness (QED) is 0.827. The minimum absolute atomic E-state index is 0.0989. The number of hydrogen-bond acceptors (Lipinski definition) is 2. The second-order valence-electron chi connectivity index (χ2n) is 5.50. The molecule has 2 N–H and O–H groups in total. The topological polar surface area (TPSA) is 29.3 Å². The summed E-state index contributed by atoms with van der Waals surface area (Å²) in [6.45, 7) is 2.19. The van der Waals surface area contributed by atoms with Crippen molar-refractivity contribution in [3.05, 3.63) is 35.6 Å². The summed E-state index contributed by atoms with van der Waals surface area (Å²) in [6, 6.07) is 7.66. The Balaban J connectivity index is 2.04. The van der Waals surface area contributed by atoms with Gasteiger partial charge < -0.3 is 5.73 Å². The van der Waals surface area contributed by atoms with Crippen molar-refractivity contribution in [2.75, 3.05) is 13.1 Å². The maximum absolute atomic E-state index is 13.8. The normalized spacial score (nSPS) is 17.6. The summed E-state index contributed by atoms with van der Waals surface area (Å²) < 4.78 is 13.8. The van der Waals surface area contributed by atoms with Crippen LogP contribution in [0.1, 0.15) is 44.1 Å². The lowest BCUT2D eigenvalue weighted by Crippen LogP contribution is -2.38. The predicted molar refractivity (Wildman–Crippen MR) is 77.4 cm³/mol. The van der Waals surface area contributed by atoms with Crippen LogP contribution >= 0.6 is 0 Å². The van der Waals surface area contributed by atoms with Crippen LogP contribution in [0, 0.1) is 5.82 Å². The summed E-state index contributed by atoms with van der Waals surface area (Å²) in [7, 11) is 0. The molecule has 2 nitrogen and oxygen atoms in total. The van der Waals surface area contributed by atoms with Gasteiger partial charge in [-0.2, -0.15) is 0 Å². The molecule has 1 fully saturated rings. The Labute approximate surface area is 115 Å². The van der Waals surface area contributed by atoms with E-state index in [4.69, 9.17) is 5.73 Å². The van der Waals surface area contributed by atoms with Crippen LogP contribution in [0.5, 0.6) is 0 Å². The van der Waals surface area contributed by atoms with Crippen molar-refractivity contribution >= 4 is 0 Å². The molecule has 2 rings (SSSR count). The Morgan fingerprint density at radius 2 is 1.79 bits per heavy atom. The number of rotatable bonds is 5. The molecule has 1 saturated carbocycles. The molecule has 19 heavy (non-hydrogen) atoms. The van der Waals surface area contributed by atoms with Crippen molar-refractivity contribution in [2.24, 2.45) is 5.73 Å². The van der Waals surface area contributed by atoms with Crippen LogP contribution in [0.3, 0.4) is 0 Å². The summed E-state index contributed by atoms with van der Waals surface area (Å²) in [5, 5.41) is 0. The number of benzene rings is 1. The molecule has 0 unspecified atom stereocenters. The third-order valence-electron chi connectivity index (χ3n) is 4.09. The van der Waals surface area contributed by atoms with Gasteiger partial charge in [0.05, 0.1) is 0 Å². The summed E-state index contributed by atoms with van der Waals surface area (Å²) in [4.78, 5) is 2.38. The smallest absolute Gasteiger partial charge is 0.127 e. The van der Waals surface area contributed by atoms with Crippen LogP contribution in [0.4, 0.5) is 4.39 Å². The van der Waals surface area contributed by atoms with Crippen molar-refractivity contribution in [3.63, 3.8) is 0 Å². The van der Waals surface area contributed by atoms with Crippen LogP contribution in [-0.2, 0) is 6.54 Å². The first kappa shape index (κ1) is 14.5. The van der Waals surface area contributed by atoms with Crippen molar-refractivity contribution in [1.29, 1.82) is 0 Å². The lowest BCUT2D eigenvalue weighted by molar-refractivity contribution is 0.173. The van der Waals surface area contributed by atoms with E-state index in [0.29, 0.717) is 19.1 Å². The highest BCUT2D eigenvalue weighted by Gasteiger charge is 2.20. The Bertz CT molecular complexity index is 373. The van der Waals surface area contributed by atoms with Crippen molar-refractivity contribution in [3.8, 4) is 0 Å². The fraction of sp³-hybridized carbons (Fsp3) is 0.625. The van der Waals surface area contributed by atoms with Gasteiger partial charge in [0, 0.05) is 31.2 Å². The predicted octanol–water partition coefficient (Wildman–Crippen LogP) is 3.31. The van der Waals surface area contributed by atoms with E-state index in [1.165, 1.54) is 38.5 Å². The SMILES string of the molecule is NCCN(Cc1ccccc1F)C1CCCCCC1. The lowest BCUT2D eigenvalue weighted by Gasteiger charge is -2.31. The van der Waals surface area contributed by atoms with Gasteiger partial charge in [0.2, 0.25) is 0 Å². The Hall–Kier alpha value is -0.930. The molecule has 0 radical (unpaired) electrons. The van der Waals surface area contributed by atoms with Crippen LogP contribution < -0.4 is 5.73 Å². The van der Waals surface area contributed by atoms with Crippen LogP contribution in [-0.4, -0.2) is 24.0 Å². The van der Waals surface area contributed by atoms with Crippen LogP contribution in [0.2, 0.25) is 0 Å². The van der Waals surface area contributed by atoms with Gasteiger partial charge in [0.1, 0.15) is 5.82 Å². The second kappa shape index (κ2) is 7.61. The molecule has 1 aliphatic carbocycles. The Morgan fingerprint density at radius 3 is 2.42 bits per heavy atom. The molecule has 1 aromatic carbocycles. The number of nitrogens with two attached hydrogens (primary N) is 1. The van der Waals surface area contributed by atoms with E-state index in [1.807, 2.05) is 12.1 Å². The van der Waals surface area contributed by atoms with E-state index in [2.05, 4.69) is 4.90 Å². The summed E-state index contributed by atoms with van der Waals surface area (Å²) in [5.41, 5.74) is 6.52. The number of hydrogen-bond donors (Lipinski definition) is 1. The van der Waals surface area contributed by atoms with Gasteiger partial charge in [-0.15, -0.1) is 0 Å². The lowest BCUT2D eigenvalue weighted by atomic mass is 10.1. The molecule has 0 atom stereocenters. The zero-order valence-electron chi connectivity index (χ0n) is 11.7. The van der Waals surface area contributed by atoms with Gasteiger partial charge in [-0.1, -0.05) is 43.9 Å². The van der Waals surface area contributed by atoms with E-state index in [-0.39, 0.29) is 5.82 Å². The highest BCUT2D eigenvalue weighted by atomic mass is 19.1. The van der Waals surface area contributed by atoms with E-state index >= 15 is 0 Å². The van der Waals surface area contributed by atoms with E-state index < -0.39 is 0 Å². The minimum atomic E-state index is -0.0989. The molecule has 0 saturated heterocycles. The van der Waals surface area contributed by atoms with Gasteiger partial charge in [-0.05, 0) is 18.9 Å². The molecule has 0 heterocycles. The molecule has 106 valence electrons. The molecule has 0 spiro atoms. The van der Waals surface area contributed by atoms with Crippen molar-refractivity contribution in [2.45, 2.75) is 51.1 Å². The van der Waals surface area contributed by atoms with Crippen molar-refractivity contribution < 1.29 is 4.39 Å². The third kappa shape index (κ3) is 4.29. The largest absolute Gasteiger partial charge is 0.329 e. The molecule has 0 aliphatic heterocycles. The first-order valence-corrected chi connectivity index (χ1v) is 7.49. The molecule has 0 aromatic heterocycles. The molecule has 0 bridgehead atoms. The van der Waals surface area contributed by atoms with E-state index in [0.717, 1.165) is 12.1 Å². The van der Waals surface area contributed by atoms with Gasteiger partial charge in [0.25, 0.3) is 0 Å². The van der Waals surface area contributed by atoms with Gasteiger partial charge in [-0.3, -0.25) is 4.90 Å². The van der Waals surface area contributed by atoms with Gasteiger partial charge in [-0.25, -0.2) is 4.39 Å². The summed E-state index contributed by atoms with van der Waals surface area (Å²) in [6.07, 6.45) is 7.73. The fourth-order valence-corrected chi connectivity index (χ4v) is 3.02. The van der Waals surface area contributed by atoms with Gasteiger partial charge >= 0.3 is 0 Å². The Morgan fingerprint density at radius 1 is 1.11 bits per heavy atom. The van der Waals surface area contributed by atoms with E-state index in [1.54, 1.807) is 12.1 Å². The number of halogens is 1. The molecular weight excluding hydrogens is 239 g/mol. The monoisotopic (exact) mass is 264 g/mol. The first-order chi connectivity index (χ1) is 9.31. The zero-order chi connectivity index (χ0) is 13.5. The van der Waals surface area contributed by atoms with E-state index in [9.17, 15) is 4.39 Å². The summed E-state index contributed by atoms with van der Waals surface area (Å²) >= 11 is 0. The van der Waals surface area contributed by atoms with Crippen molar-refractivity contribution in [1.82, 2.24) is 4.90 Å². The third-order valence-corrected chi connectivity index (χ3v) is 4.09. The zero-order valence-corrected chi connectivity index (χ0v) is 11.7. The average molecular weight is 264 g/mol. The highest BCUT2D eigenvalue weighted by Crippen LogP contribution is 2.23. The maximum Gasteiger partial charge on any atom is 0.127 e. The standard InChI is InChI=1S/C16H25FN2/c17-16-10-6-5-7-14(16)13-19(12-11-18)15-8-3-1-2-4-9-15/h5-7,10,15H,1-4,8-9,11-13,18H2. The van der Waals surface area contributed by atoms with Crippen LogP contribution in [0.25, 0.3) is 0 Å². The van der Waals surface area contributed by atoms with Crippen LogP contribution in [0.15, 0.2) is 24.3 Å². The molecule has 3 heteroatoms. The molecule has 1 aromatic rings. The second-order valence-corrected chi connectivity index (χ2v) is 5.50.